The van der Waals surface area contributed by atoms with Gasteiger partial charge in [-0.1, -0.05) is 36.4 Å². The van der Waals surface area contributed by atoms with Crippen LogP contribution in [0.1, 0.15) is 55.3 Å². The Balaban J connectivity index is 1.50. The molecule has 2 aliphatic heterocycles. The maximum absolute atomic E-state index is 11.8. The zero-order valence-corrected chi connectivity index (χ0v) is 19.7. The van der Waals surface area contributed by atoms with Gasteiger partial charge < -0.3 is 30.3 Å². The van der Waals surface area contributed by atoms with Crippen molar-refractivity contribution in [1.82, 2.24) is 10.2 Å². The summed E-state index contributed by atoms with van der Waals surface area (Å²) in [5.74, 6) is 0. The van der Waals surface area contributed by atoms with Gasteiger partial charge in [0.25, 0.3) is 0 Å². The molecule has 2 saturated heterocycles. The van der Waals surface area contributed by atoms with Crippen LogP contribution in [-0.2, 0) is 16.1 Å². The van der Waals surface area contributed by atoms with Gasteiger partial charge in [-0.3, -0.25) is 4.90 Å². The van der Waals surface area contributed by atoms with Gasteiger partial charge in [0, 0.05) is 36.8 Å². The van der Waals surface area contributed by atoms with Gasteiger partial charge >= 0.3 is 6.03 Å². The molecule has 0 bridgehead atoms. The Morgan fingerprint density at radius 1 is 1.06 bits per heavy atom. The Kier molecular flexibility index (Phi) is 8.53. The van der Waals surface area contributed by atoms with E-state index in [1.807, 2.05) is 55.5 Å². The van der Waals surface area contributed by atoms with Crippen LogP contribution in [0.2, 0.25) is 0 Å². The molecule has 34 heavy (non-hydrogen) atoms. The molecule has 4 atom stereocenters. The number of hydrogen-bond donors (Lipinski definition) is 4. The SMILES string of the molecule is CCNC(=O)Nc1ccc([C@@H]2O[C@H](CN3CCC[C@H]3CO)C[C@H](c3ccc(CO)cc3)O2)cc1. The predicted molar refractivity (Wildman–Crippen MR) is 129 cm³/mol. The Morgan fingerprint density at radius 2 is 1.79 bits per heavy atom. The quantitative estimate of drug-likeness (QED) is 0.473. The van der Waals surface area contributed by atoms with Gasteiger partial charge in [-0.05, 0) is 49.6 Å². The molecule has 4 rings (SSSR count). The second kappa shape index (κ2) is 11.8. The molecule has 184 valence electrons. The molecule has 2 aliphatic rings. The zero-order chi connectivity index (χ0) is 23.9. The van der Waals surface area contributed by atoms with E-state index in [-0.39, 0.29) is 37.5 Å². The highest BCUT2D eigenvalue weighted by molar-refractivity contribution is 5.89. The summed E-state index contributed by atoms with van der Waals surface area (Å²) < 4.78 is 12.8. The second-order valence-corrected chi connectivity index (χ2v) is 8.93. The number of carbonyl (C=O) groups is 1. The van der Waals surface area contributed by atoms with Crippen LogP contribution in [0.4, 0.5) is 10.5 Å². The molecule has 0 aliphatic carbocycles. The highest BCUT2D eigenvalue weighted by Crippen LogP contribution is 2.38. The fourth-order valence-corrected chi connectivity index (χ4v) is 4.70. The first-order valence-electron chi connectivity index (χ1n) is 12.1. The molecule has 8 heteroatoms. The second-order valence-electron chi connectivity index (χ2n) is 8.93. The highest BCUT2D eigenvalue weighted by atomic mass is 16.7. The van der Waals surface area contributed by atoms with Crippen LogP contribution in [0, 0.1) is 0 Å². The molecule has 0 saturated carbocycles. The van der Waals surface area contributed by atoms with Gasteiger partial charge in [0.2, 0.25) is 0 Å². The third-order valence-electron chi connectivity index (χ3n) is 6.54. The average molecular weight is 470 g/mol. The summed E-state index contributed by atoms with van der Waals surface area (Å²) in [6, 6.07) is 15.3. The van der Waals surface area contributed by atoms with Crippen molar-refractivity contribution in [2.75, 3.05) is 31.6 Å². The van der Waals surface area contributed by atoms with E-state index in [1.54, 1.807) is 0 Å². The lowest BCUT2D eigenvalue weighted by Gasteiger charge is -2.38. The van der Waals surface area contributed by atoms with E-state index in [0.29, 0.717) is 18.7 Å². The number of ether oxygens (including phenoxy) is 2. The summed E-state index contributed by atoms with van der Waals surface area (Å²) in [7, 11) is 0. The molecule has 2 heterocycles. The highest BCUT2D eigenvalue weighted by Gasteiger charge is 2.35. The summed E-state index contributed by atoms with van der Waals surface area (Å²) >= 11 is 0. The number of benzene rings is 2. The molecule has 0 spiro atoms. The molecule has 0 unspecified atom stereocenters. The molecule has 0 radical (unpaired) electrons. The van der Waals surface area contributed by atoms with Crippen molar-refractivity contribution in [2.24, 2.45) is 0 Å². The fraction of sp³-hybridized carbons (Fsp3) is 0.500. The van der Waals surface area contributed by atoms with E-state index in [1.165, 1.54) is 0 Å². The lowest BCUT2D eigenvalue weighted by Crippen LogP contribution is -2.42. The Hall–Kier alpha value is -2.49. The van der Waals surface area contributed by atoms with Gasteiger partial charge in [-0.25, -0.2) is 4.79 Å². The van der Waals surface area contributed by atoms with Crippen molar-refractivity contribution in [3.05, 3.63) is 65.2 Å². The zero-order valence-electron chi connectivity index (χ0n) is 19.7. The molecule has 2 aromatic rings. The van der Waals surface area contributed by atoms with Crippen LogP contribution < -0.4 is 10.6 Å². The van der Waals surface area contributed by atoms with Gasteiger partial charge in [-0.2, -0.15) is 0 Å². The van der Waals surface area contributed by atoms with Crippen molar-refractivity contribution in [3.8, 4) is 0 Å². The van der Waals surface area contributed by atoms with Crippen LogP contribution in [0.3, 0.4) is 0 Å². The monoisotopic (exact) mass is 469 g/mol. The van der Waals surface area contributed by atoms with Crippen molar-refractivity contribution in [2.45, 2.75) is 57.3 Å². The Labute approximate surface area is 200 Å². The minimum Gasteiger partial charge on any atom is -0.395 e. The largest absolute Gasteiger partial charge is 0.395 e. The minimum atomic E-state index is -0.546. The Morgan fingerprint density at radius 3 is 2.47 bits per heavy atom. The summed E-state index contributed by atoms with van der Waals surface area (Å²) in [6.45, 7) is 4.31. The lowest BCUT2D eigenvalue weighted by atomic mass is 9.99. The summed E-state index contributed by atoms with van der Waals surface area (Å²) in [6.07, 6.45) is 2.05. The number of nitrogens with zero attached hydrogens (tertiary/aromatic N) is 1. The molecular weight excluding hydrogens is 434 g/mol. The van der Waals surface area contributed by atoms with Crippen molar-refractivity contribution in [3.63, 3.8) is 0 Å². The van der Waals surface area contributed by atoms with Crippen molar-refractivity contribution in [1.29, 1.82) is 0 Å². The lowest BCUT2D eigenvalue weighted by molar-refractivity contribution is -0.253. The van der Waals surface area contributed by atoms with Crippen LogP contribution >= 0.6 is 0 Å². The van der Waals surface area contributed by atoms with Crippen LogP contribution in [0.5, 0.6) is 0 Å². The number of amides is 2. The number of hydrogen-bond acceptors (Lipinski definition) is 6. The maximum Gasteiger partial charge on any atom is 0.319 e. The van der Waals surface area contributed by atoms with Crippen LogP contribution in [0.15, 0.2) is 48.5 Å². The maximum atomic E-state index is 11.8. The van der Waals surface area contributed by atoms with Crippen LogP contribution in [0.25, 0.3) is 0 Å². The molecule has 2 aromatic carbocycles. The van der Waals surface area contributed by atoms with Gasteiger partial charge in [0.15, 0.2) is 6.29 Å². The number of rotatable bonds is 8. The number of likely N-dealkylation sites (tertiary alicyclic amines) is 1. The number of anilines is 1. The molecular formula is C26H35N3O5. The van der Waals surface area contributed by atoms with E-state index in [2.05, 4.69) is 15.5 Å². The third kappa shape index (κ3) is 6.14. The summed E-state index contributed by atoms with van der Waals surface area (Å²) in [4.78, 5) is 14.1. The first kappa shape index (κ1) is 24.6. The van der Waals surface area contributed by atoms with Gasteiger partial charge in [0.05, 0.1) is 25.4 Å². The number of nitrogens with one attached hydrogen (secondary N) is 2. The van der Waals surface area contributed by atoms with E-state index in [0.717, 1.165) is 42.6 Å². The normalized spacial score (nSPS) is 25.3. The number of carbonyl (C=O) groups excluding carboxylic acids is 1. The van der Waals surface area contributed by atoms with Crippen LogP contribution in [-0.4, -0.2) is 59.5 Å². The summed E-state index contributed by atoms with van der Waals surface area (Å²) in [5, 5.41) is 24.6. The molecule has 4 N–H and O–H groups in total. The third-order valence-corrected chi connectivity index (χ3v) is 6.54. The van der Waals surface area contributed by atoms with E-state index in [4.69, 9.17) is 9.47 Å². The number of aliphatic hydroxyl groups excluding tert-OH is 2. The Bertz CT molecular complexity index is 921. The van der Waals surface area contributed by atoms with Crippen molar-refractivity contribution >= 4 is 11.7 Å². The molecule has 2 fully saturated rings. The predicted octanol–water partition coefficient (Wildman–Crippen LogP) is 3.32. The van der Waals surface area contributed by atoms with E-state index in [9.17, 15) is 15.0 Å². The van der Waals surface area contributed by atoms with Gasteiger partial charge in [0.1, 0.15) is 0 Å². The molecule has 0 aromatic heterocycles. The minimum absolute atomic E-state index is 0.00827. The first-order valence-corrected chi connectivity index (χ1v) is 12.1. The number of aliphatic hydroxyl groups is 2. The van der Waals surface area contributed by atoms with Gasteiger partial charge in [-0.15, -0.1) is 0 Å². The molecule has 8 nitrogen and oxygen atoms in total. The standard InChI is InChI=1S/C26H35N3O5/c1-2-27-26(32)28-21-11-9-20(10-12-21)25-33-23(15-29-13-3-4-22(29)17-31)14-24(34-25)19-7-5-18(16-30)6-8-19/h5-12,22-25,30-31H,2-4,13-17H2,1H3,(H2,27,28,32)/t22-,23-,24+,25+/m0/s1. The molecule has 2 amide bonds. The fourth-order valence-electron chi connectivity index (χ4n) is 4.70. The average Bonchev–Trinajstić information content (AvgIpc) is 3.31. The summed E-state index contributed by atoms with van der Waals surface area (Å²) in [5.41, 5.74) is 3.48. The van der Waals surface area contributed by atoms with Crippen molar-refractivity contribution < 1.29 is 24.5 Å². The first-order chi connectivity index (χ1) is 16.6. The smallest absolute Gasteiger partial charge is 0.319 e. The van der Waals surface area contributed by atoms with E-state index < -0.39 is 6.29 Å². The topological polar surface area (TPSA) is 103 Å². The van der Waals surface area contributed by atoms with E-state index >= 15 is 0 Å². The number of urea groups is 1.